The molecule has 1 nitrogen and oxygen atoms in total. The van der Waals surface area contributed by atoms with E-state index >= 15 is 0 Å². The molecule has 2 heteroatoms. The Morgan fingerprint density at radius 2 is 1.95 bits per heavy atom. The topological polar surface area (TPSA) is 9.23 Å². The van der Waals surface area contributed by atoms with E-state index in [1.54, 1.807) is 0 Å². The van der Waals surface area contributed by atoms with Gasteiger partial charge in [0.05, 0.1) is 12.2 Å². The lowest BCUT2D eigenvalue weighted by Crippen LogP contribution is -2.38. The molecular formula is C18H25BrO. The summed E-state index contributed by atoms with van der Waals surface area (Å²) in [6.07, 6.45) is 4.51. The molecule has 2 aliphatic carbocycles. The van der Waals surface area contributed by atoms with E-state index in [4.69, 9.17) is 4.74 Å². The van der Waals surface area contributed by atoms with Crippen LogP contribution in [0.5, 0.6) is 0 Å². The summed E-state index contributed by atoms with van der Waals surface area (Å²) in [6.45, 7) is 7.33. The van der Waals surface area contributed by atoms with Crippen molar-refractivity contribution >= 4 is 15.9 Å². The van der Waals surface area contributed by atoms with Gasteiger partial charge in [-0.25, -0.2) is 0 Å². The molecule has 3 rings (SSSR count). The Bertz CT molecular complexity index is 470. The number of alkyl halides is 1. The van der Waals surface area contributed by atoms with E-state index in [2.05, 4.69) is 67.0 Å². The maximum Gasteiger partial charge on any atom is 0.0925 e. The Hall–Kier alpha value is -0.340. The molecule has 1 aromatic rings. The second-order valence-electron chi connectivity index (χ2n) is 7.29. The van der Waals surface area contributed by atoms with Crippen LogP contribution < -0.4 is 0 Å². The predicted octanol–water partition coefficient (Wildman–Crippen LogP) is 5.35. The first-order valence-electron chi connectivity index (χ1n) is 7.75. The molecule has 0 heterocycles. The largest absolute Gasteiger partial charge is 0.369 e. The molecule has 20 heavy (non-hydrogen) atoms. The zero-order valence-electron chi connectivity index (χ0n) is 12.7. The summed E-state index contributed by atoms with van der Waals surface area (Å²) in [5, 5.41) is 0.870. The lowest BCUT2D eigenvalue weighted by molar-refractivity contribution is -0.0798. The van der Waals surface area contributed by atoms with Crippen LogP contribution in [0.4, 0.5) is 0 Å². The molecule has 2 saturated carbocycles. The average molecular weight is 337 g/mol. The van der Waals surface area contributed by atoms with Crippen LogP contribution in [0, 0.1) is 16.7 Å². The molecule has 0 aliphatic heterocycles. The van der Waals surface area contributed by atoms with Gasteiger partial charge in [-0.1, -0.05) is 67.0 Å². The molecule has 0 radical (unpaired) electrons. The average Bonchev–Trinajstić information content (AvgIpc) is 2.78. The second-order valence-corrected chi connectivity index (χ2v) is 7.94. The Morgan fingerprint density at radius 1 is 1.25 bits per heavy atom. The van der Waals surface area contributed by atoms with Gasteiger partial charge in [-0.3, -0.25) is 0 Å². The lowest BCUT2D eigenvalue weighted by atomic mass is 9.70. The van der Waals surface area contributed by atoms with Crippen molar-refractivity contribution in [3.63, 3.8) is 0 Å². The summed E-state index contributed by atoms with van der Waals surface area (Å²) in [4.78, 5) is 0. The third-order valence-electron chi connectivity index (χ3n) is 6.35. The first-order chi connectivity index (χ1) is 9.49. The number of halogens is 1. The van der Waals surface area contributed by atoms with E-state index < -0.39 is 0 Å². The van der Waals surface area contributed by atoms with E-state index in [0.717, 1.165) is 11.2 Å². The van der Waals surface area contributed by atoms with E-state index in [-0.39, 0.29) is 6.10 Å². The normalized spacial score (nSPS) is 36.2. The number of benzene rings is 1. The number of ether oxygens (including phenoxy) is 1. The molecule has 2 fully saturated rings. The lowest BCUT2D eigenvalue weighted by Gasteiger charge is -2.40. The van der Waals surface area contributed by atoms with Gasteiger partial charge in [0, 0.05) is 5.33 Å². The third-order valence-corrected chi connectivity index (χ3v) is 6.94. The molecule has 0 saturated heterocycles. The quantitative estimate of drug-likeness (QED) is 0.673. The molecule has 110 valence electrons. The molecule has 2 bridgehead atoms. The summed E-state index contributed by atoms with van der Waals surface area (Å²) < 4.78 is 6.57. The highest BCUT2D eigenvalue weighted by atomic mass is 79.9. The SMILES string of the molecule is CC1(C)C2CCC1(C)C(OC(CBr)c1ccccc1)C2. The number of rotatable bonds is 4. The van der Waals surface area contributed by atoms with Crippen LogP contribution in [0.3, 0.4) is 0 Å². The van der Waals surface area contributed by atoms with Crippen molar-refractivity contribution < 1.29 is 4.74 Å². The van der Waals surface area contributed by atoms with Gasteiger partial charge >= 0.3 is 0 Å². The number of hydrogen-bond donors (Lipinski definition) is 0. The summed E-state index contributed by atoms with van der Waals surface area (Å²) in [5.74, 6) is 0.837. The van der Waals surface area contributed by atoms with E-state index in [1.807, 2.05) is 0 Å². The van der Waals surface area contributed by atoms with Crippen molar-refractivity contribution in [2.24, 2.45) is 16.7 Å². The van der Waals surface area contributed by atoms with Crippen molar-refractivity contribution in [3.8, 4) is 0 Å². The van der Waals surface area contributed by atoms with Gasteiger partial charge in [0.25, 0.3) is 0 Å². The van der Waals surface area contributed by atoms with E-state index in [0.29, 0.717) is 16.9 Å². The molecule has 4 atom stereocenters. The molecule has 0 N–H and O–H groups in total. The van der Waals surface area contributed by atoms with E-state index in [1.165, 1.54) is 24.8 Å². The third kappa shape index (κ3) is 2.07. The maximum absolute atomic E-state index is 6.57. The Kier molecular flexibility index (Phi) is 3.75. The Balaban J connectivity index is 1.79. The fourth-order valence-electron chi connectivity index (χ4n) is 4.41. The molecule has 4 unspecified atom stereocenters. The van der Waals surface area contributed by atoms with Crippen LogP contribution in [-0.4, -0.2) is 11.4 Å². The Labute approximate surface area is 131 Å². The maximum atomic E-state index is 6.57. The molecule has 1 aromatic carbocycles. The van der Waals surface area contributed by atoms with Crippen molar-refractivity contribution in [2.45, 2.75) is 52.2 Å². The summed E-state index contributed by atoms with van der Waals surface area (Å²) >= 11 is 3.63. The molecular weight excluding hydrogens is 312 g/mol. The molecule has 0 spiro atoms. The van der Waals surface area contributed by atoms with Gasteiger partial charge in [-0.2, -0.15) is 0 Å². The van der Waals surface area contributed by atoms with Gasteiger partial charge in [0.2, 0.25) is 0 Å². The molecule has 0 aromatic heterocycles. The van der Waals surface area contributed by atoms with Crippen LogP contribution in [0.15, 0.2) is 30.3 Å². The van der Waals surface area contributed by atoms with Crippen LogP contribution >= 0.6 is 15.9 Å². The van der Waals surface area contributed by atoms with Crippen LogP contribution in [0.25, 0.3) is 0 Å². The summed E-state index contributed by atoms with van der Waals surface area (Å²) in [7, 11) is 0. The van der Waals surface area contributed by atoms with Crippen LogP contribution in [0.2, 0.25) is 0 Å². The van der Waals surface area contributed by atoms with E-state index in [9.17, 15) is 0 Å². The van der Waals surface area contributed by atoms with Gasteiger partial charge < -0.3 is 4.74 Å². The van der Waals surface area contributed by atoms with Gasteiger partial charge in [-0.05, 0) is 41.6 Å². The van der Waals surface area contributed by atoms with Crippen molar-refractivity contribution in [1.29, 1.82) is 0 Å². The first kappa shape index (κ1) is 14.6. The highest BCUT2D eigenvalue weighted by Gasteiger charge is 2.62. The molecule has 2 aliphatic rings. The van der Waals surface area contributed by atoms with Crippen LogP contribution in [0.1, 0.15) is 51.7 Å². The smallest absolute Gasteiger partial charge is 0.0925 e. The van der Waals surface area contributed by atoms with Crippen molar-refractivity contribution in [3.05, 3.63) is 35.9 Å². The Morgan fingerprint density at radius 3 is 2.45 bits per heavy atom. The monoisotopic (exact) mass is 336 g/mol. The fourth-order valence-corrected chi connectivity index (χ4v) is 4.93. The summed E-state index contributed by atoms with van der Waals surface area (Å²) in [5.41, 5.74) is 2.05. The minimum absolute atomic E-state index is 0.174. The van der Waals surface area contributed by atoms with Gasteiger partial charge in [-0.15, -0.1) is 0 Å². The van der Waals surface area contributed by atoms with Crippen molar-refractivity contribution in [2.75, 3.05) is 5.33 Å². The fraction of sp³-hybridized carbons (Fsp3) is 0.667. The summed E-state index contributed by atoms with van der Waals surface area (Å²) in [6, 6.07) is 10.6. The zero-order valence-corrected chi connectivity index (χ0v) is 14.3. The molecule has 0 amide bonds. The van der Waals surface area contributed by atoms with Crippen molar-refractivity contribution in [1.82, 2.24) is 0 Å². The standard InChI is InChI=1S/C18H25BrO/c1-17(2)14-9-10-18(17,3)16(11-14)20-15(12-19)13-7-5-4-6-8-13/h4-8,14-16H,9-12H2,1-3H3. The first-order valence-corrected chi connectivity index (χ1v) is 8.87. The minimum Gasteiger partial charge on any atom is -0.369 e. The minimum atomic E-state index is 0.174. The van der Waals surface area contributed by atoms with Gasteiger partial charge in [0.15, 0.2) is 0 Å². The second kappa shape index (κ2) is 5.14. The predicted molar refractivity (Wildman–Crippen MR) is 87.1 cm³/mol. The van der Waals surface area contributed by atoms with Gasteiger partial charge in [0.1, 0.15) is 0 Å². The van der Waals surface area contributed by atoms with Crippen LogP contribution in [-0.2, 0) is 4.74 Å². The number of hydrogen-bond acceptors (Lipinski definition) is 1. The number of fused-ring (bicyclic) bond motifs is 2. The highest BCUT2D eigenvalue weighted by Crippen LogP contribution is 2.66. The highest BCUT2D eigenvalue weighted by molar-refractivity contribution is 9.09. The zero-order chi connectivity index (χ0) is 14.4.